The van der Waals surface area contributed by atoms with E-state index >= 15 is 0 Å². The van der Waals surface area contributed by atoms with Crippen LogP contribution in [0.25, 0.3) is 0 Å². The van der Waals surface area contributed by atoms with E-state index in [0.717, 1.165) is 42.2 Å². The van der Waals surface area contributed by atoms with Crippen LogP contribution < -0.4 is 20.1 Å². The van der Waals surface area contributed by atoms with Crippen LogP contribution in [0.2, 0.25) is 0 Å². The van der Waals surface area contributed by atoms with Crippen LogP contribution in [0, 0.1) is 0 Å². The number of aliphatic imine (C=N–C) groups is 1. The van der Waals surface area contributed by atoms with Gasteiger partial charge in [-0.2, -0.15) is 11.8 Å². The van der Waals surface area contributed by atoms with Gasteiger partial charge in [-0.1, -0.05) is 6.07 Å². The largest absolute Gasteiger partial charge is 0.454 e. The van der Waals surface area contributed by atoms with Crippen molar-refractivity contribution in [3.63, 3.8) is 0 Å². The van der Waals surface area contributed by atoms with Crippen molar-refractivity contribution in [3.8, 4) is 11.5 Å². The van der Waals surface area contributed by atoms with Crippen LogP contribution in [0.5, 0.6) is 11.5 Å². The molecule has 22 heavy (non-hydrogen) atoms. The summed E-state index contributed by atoms with van der Waals surface area (Å²) in [5, 5.41) is 7.51. The molecule has 1 unspecified atom stereocenters. The topological polar surface area (TPSA) is 54.9 Å². The third kappa shape index (κ3) is 4.00. The van der Waals surface area contributed by atoms with Gasteiger partial charge in [-0.05, 0) is 42.7 Å². The molecule has 5 nitrogen and oxygen atoms in total. The summed E-state index contributed by atoms with van der Waals surface area (Å²) in [6.07, 6.45) is 3.58. The quantitative estimate of drug-likeness (QED) is 0.642. The average Bonchev–Trinajstić information content (AvgIpc) is 3.21. The molecule has 3 rings (SSSR count). The molecule has 1 atom stereocenters. The molecule has 0 aliphatic carbocycles. The molecule has 0 bridgehead atoms. The zero-order valence-corrected chi connectivity index (χ0v) is 13.7. The van der Waals surface area contributed by atoms with E-state index in [1.54, 1.807) is 0 Å². The van der Waals surface area contributed by atoms with Crippen molar-refractivity contribution >= 4 is 17.7 Å². The van der Waals surface area contributed by atoms with Gasteiger partial charge in [0.25, 0.3) is 0 Å². The van der Waals surface area contributed by atoms with Crippen LogP contribution in [0.15, 0.2) is 23.2 Å². The summed E-state index contributed by atoms with van der Waals surface area (Å²) in [5.41, 5.74) is 1.23. The van der Waals surface area contributed by atoms with E-state index in [4.69, 9.17) is 9.47 Å². The Morgan fingerprint density at radius 3 is 3.05 bits per heavy atom. The summed E-state index contributed by atoms with van der Waals surface area (Å²) in [5.74, 6) is 3.86. The molecular weight excluding hydrogens is 298 g/mol. The summed E-state index contributed by atoms with van der Waals surface area (Å²) in [7, 11) is 1.82. The van der Waals surface area contributed by atoms with Crippen LogP contribution in [0.4, 0.5) is 0 Å². The third-order valence-electron chi connectivity index (χ3n) is 3.89. The number of benzene rings is 1. The molecule has 1 fully saturated rings. The van der Waals surface area contributed by atoms with Crippen LogP contribution >= 0.6 is 11.8 Å². The Balaban J connectivity index is 1.41. The van der Waals surface area contributed by atoms with Crippen LogP contribution in [-0.2, 0) is 6.42 Å². The van der Waals surface area contributed by atoms with E-state index in [-0.39, 0.29) is 0 Å². The summed E-state index contributed by atoms with van der Waals surface area (Å²) < 4.78 is 10.7. The van der Waals surface area contributed by atoms with Gasteiger partial charge in [0.2, 0.25) is 6.79 Å². The number of guanidine groups is 1. The molecule has 0 spiro atoms. The minimum absolute atomic E-state index is 0.326. The van der Waals surface area contributed by atoms with Crippen molar-refractivity contribution in [2.24, 2.45) is 4.99 Å². The average molecular weight is 321 g/mol. The van der Waals surface area contributed by atoms with E-state index in [9.17, 15) is 0 Å². The maximum Gasteiger partial charge on any atom is 0.231 e. The van der Waals surface area contributed by atoms with Crippen molar-refractivity contribution in [2.75, 3.05) is 32.7 Å². The lowest BCUT2D eigenvalue weighted by Gasteiger charge is -2.14. The van der Waals surface area contributed by atoms with Crippen molar-refractivity contribution in [1.29, 1.82) is 0 Å². The normalized spacial score (nSPS) is 20.2. The molecule has 6 heteroatoms. The Bertz CT molecular complexity index is 530. The highest BCUT2D eigenvalue weighted by atomic mass is 32.2. The lowest BCUT2D eigenvalue weighted by atomic mass is 10.1. The number of hydrogen-bond donors (Lipinski definition) is 2. The minimum Gasteiger partial charge on any atom is -0.454 e. The molecule has 2 heterocycles. The molecule has 2 aliphatic rings. The standard InChI is InChI=1S/C16H23N3O2S/c1-17-16(19-10-13-3-2-8-22-13)18-7-6-12-4-5-14-15(9-12)21-11-20-14/h4-5,9,13H,2-3,6-8,10-11H2,1H3,(H2,17,18,19). The van der Waals surface area contributed by atoms with E-state index < -0.39 is 0 Å². The summed E-state index contributed by atoms with van der Waals surface area (Å²) in [6.45, 7) is 2.16. The molecule has 1 saturated heterocycles. The number of ether oxygens (including phenoxy) is 2. The molecule has 1 aromatic carbocycles. The van der Waals surface area contributed by atoms with E-state index in [0.29, 0.717) is 6.79 Å². The third-order valence-corrected chi connectivity index (χ3v) is 5.29. The maximum absolute atomic E-state index is 5.40. The highest BCUT2D eigenvalue weighted by molar-refractivity contribution is 8.00. The monoisotopic (exact) mass is 321 g/mol. The van der Waals surface area contributed by atoms with Crippen LogP contribution in [0.1, 0.15) is 18.4 Å². The summed E-state index contributed by atoms with van der Waals surface area (Å²) in [6, 6.07) is 6.11. The molecule has 2 aliphatic heterocycles. The van der Waals surface area contributed by atoms with Crippen LogP contribution in [0.3, 0.4) is 0 Å². The van der Waals surface area contributed by atoms with Crippen molar-refractivity contribution in [1.82, 2.24) is 10.6 Å². The highest BCUT2D eigenvalue weighted by Gasteiger charge is 2.15. The van der Waals surface area contributed by atoms with Gasteiger partial charge in [-0.15, -0.1) is 0 Å². The lowest BCUT2D eigenvalue weighted by Crippen LogP contribution is -2.40. The SMILES string of the molecule is CN=C(NCCc1ccc2c(c1)OCO2)NCC1CCCS1. The van der Waals surface area contributed by atoms with Crippen molar-refractivity contribution < 1.29 is 9.47 Å². The van der Waals surface area contributed by atoms with Gasteiger partial charge in [-0.3, -0.25) is 4.99 Å². The molecule has 1 aromatic rings. The minimum atomic E-state index is 0.326. The van der Waals surface area contributed by atoms with Gasteiger partial charge in [-0.25, -0.2) is 0 Å². The molecule has 0 aromatic heterocycles. The van der Waals surface area contributed by atoms with Gasteiger partial charge in [0, 0.05) is 25.4 Å². The first-order chi connectivity index (χ1) is 10.8. The molecule has 120 valence electrons. The van der Waals surface area contributed by atoms with Crippen molar-refractivity contribution in [2.45, 2.75) is 24.5 Å². The molecule has 0 saturated carbocycles. The van der Waals surface area contributed by atoms with Crippen molar-refractivity contribution in [3.05, 3.63) is 23.8 Å². The van der Waals surface area contributed by atoms with Gasteiger partial charge in [0.05, 0.1) is 0 Å². The van der Waals surface area contributed by atoms with Gasteiger partial charge in [0.15, 0.2) is 17.5 Å². The lowest BCUT2D eigenvalue weighted by molar-refractivity contribution is 0.174. The van der Waals surface area contributed by atoms with Gasteiger partial charge < -0.3 is 20.1 Å². The number of nitrogens with one attached hydrogen (secondary N) is 2. The fourth-order valence-electron chi connectivity index (χ4n) is 2.66. The zero-order valence-electron chi connectivity index (χ0n) is 12.9. The molecule has 0 radical (unpaired) electrons. The van der Waals surface area contributed by atoms with Gasteiger partial charge in [0.1, 0.15) is 0 Å². The number of hydrogen-bond acceptors (Lipinski definition) is 4. The number of nitrogens with zero attached hydrogens (tertiary/aromatic N) is 1. The van der Waals surface area contributed by atoms with Crippen LogP contribution in [-0.4, -0.2) is 43.9 Å². The predicted octanol–water partition coefficient (Wildman–Crippen LogP) is 2.02. The van der Waals surface area contributed by atoms with E-state index in [1.807, 2.05) is 13.1 Å². The first kappa shape index (κ1) is 15.3. The Morgan fingerprint density at radius 2 is 2.23 bits per heavy atom. The number of thioether (sulfide) groups is 1. The number of rotatable bonds is 5. The number of fused-ring (bicyclic) bond motifs is 1. The Labute approximate surface area is 135 Å². The smallest absolute Gasteiger partial charge is 0.231 e. The first-order valence-electron chi connectivity index (χ1n) is 7.80. The molecular formula is C16H23N3O2S. The summed E-state index contributed by atoms with van der Waals surface area (Å²) in [4.78, 5) is 4.28. The summed E-state index contributed by atoms with van der Waals surface area (Å²) >= 11 is 2.06. The van der Waals surface area contributed by atoms with E-state index in [2.05, 4.69) is 39.5 Å². The Hall–Kier alpha value is -1.56. The fraction of sp³-hybridized carbons (Fsp3) is 0.562. The van der Waals surface area contributed by atoms with Gasteiger partial charge >= 0.3 is 0 Å². The Morgan fingerprint density at radius 1 is 1.32 bits per heavy atom. The second kappa shape index (κ2) is 7.63. The highest BCUT2D eigenvalue weighted by Crippen LogP contribution is 2.32. The predicted molar refractivity (Wildman–Crippen MR) is 91.1 cm³/mol. The fourth-order valence-corrected chi connectivity index (χ4v) is 3.86. The Kier molecular flexibility index (Phi) is 5.32. The maximum atomic E-state index is 5.40. The molecule has 0 amide bonds. The zero-order chi connectivity index (χ0) is 15.2. The molecule has 2 N–H and O–H groups in total. The second-order valence-electron chi connectivity index (χ2n) is 5.45. The second-order valence-corrected chi connectivity index (χ2v) is 6.86. The first-order valence-corrected chi connectivity index (χ1v) is 8.84. The van der Waals surface area contributed by atoms with E-state index in [1.165, 1.54) is 24.2 Å².